The average molecular weight is 354 g/mol. The number of rotatable bonds is 5. The highest BCUT2D eigenvalue weighted by Gasteiger charge is 2.28. The summed E-state index contributed by atoms with van der Waals surface area (Å²) in [6.07, 6.45) is 2.33. The maximum atomic E-state index is 3.72. The number of likely N-dealkylation sites (N-methyl/N-ethyl adjacent to an activating group) is 3. The lowest BCUT2D eigenvalue weighted by Gasteiger charge is -2.35. The zero-order chi connectivity index (χ0) is 15.2. The fourth-order valence-electron chi connectivity index (χ4n) is 3.25. The molecule has 1 fully saturated rings. The lowest BCUT2D eigenvalue weighted by Crippen LogP contribution is -2.53. The molecule has 2 rings (SSSR count). The van der Waals surface area contributed by atoms with E-state index in [0.717, 1.165) is 19.5 Å². The predicted octanol–water partition coefficient (Wildman–Crippen LogP) is 2.61. The summed E-state index contributed by atoms with van der Waals surface area (Å²) in [4.78, 5) is 5.01. The Morgan fingerprint density at radius 1 is 1.29 bits per heavy atom. The van der Waals surface area contributed by atoms with Crippen LogP contribution in [0.4, 0.5) is 0 Å². The van der Waals surface area contributed by atoms with E-state index in [4.69, 9.17) is 0 Å². The molecule has 0 saturated carbocycles. The lowest BCUT2D eigenvalue weighted by atomic mass is 9.98. The highest BCUT2D eigenvalue weighted by atomic mass is 79.9. The van der Waals surface area contributed by atoms with Crippen molar-refractivity contribution in [2.24, 2.45) is 0 Å². The van der Waals surface area contributed by atoms with Crippen molar-refractivity contribution in [3.05, 3.63) is 34.3 Å². The van der Waals surface area contributed by atoms with Gasteiger partial charge in [-0.15, -0.1) is 0 Å². The van der Waals surface area contributed by atoms with E-state index >= 15 is 0 Å². The van der Waals surface area contributed by atoms with Crippen LogP contribution < -0.4 is 5.32 Å². The van der Waals surface area contributed by atoms with Gasteiger partial charge in [-0.3, -0.25) is 0 Å². The number of hydrogen-bond acceptors (Lipinski definition) is 3. The monoisotopic (exact) mass is 353 g/mol. The van der Waals surface area contributed by atoms with Crippen LogP contribution in [0.5, 0.6) is 0 Å². The average Bonchev–Trinajstić information content (AvgIpc) is 2.62. The molecular weight excluding hydrogens is 326 g/mol. The number of benzene rings is 1. The molecule has 4 heteroatoms. The minimum atomic E-state index is 0.485. The van der Waals surface area contributed by atoms with Gasteiger partial charge in [-0.05, 0) is 58.2 Å². The highest BCUT2D eigenvalue weighted by Crippen LogP contribution is 2.20. The third-order valence-corrected chi connectivity index (χ3v) is 5.22. The van der Waals surface area contributed by atoms with E-state index in [9.17, 15) is 0 Å². The molecule has 0 amide bonds. The maximum Gasteiger partial charge on any atom is 0.0376 e. The van der Waals surface area contributed by atoms with Crippen molar-refractivity contribution in [2.75, 3.05) is 40.3 Å². The quantitative estimate of drug-likeness (QED) is 0.877. The second-order valence-electron chi connectivity index (χ2n) is 6.12. The molecule has 1 N–H and O–H groups in total. The van der Waals surface area contributed by atoms with Crippen LogP contribution in [0.2, 0.25) is 0 Å². The van der Waals surface area contributed by atoms with Crippen molar-refractivity contribution in [3.63, 3.8) is 0 Å². The van der Waals surface area contributed by atoms with E-state index in [1.54, 1.807) is 0 Å². The third-order valence-electron chi connectivity index (χ3n) is 4.44. The standard InChI is InChI=1S/C17H28BrN3/c1-4-19-16(12-14-8-5-6-9-15(14)18)17-13-20(2)10-7-11-21(17)3/h5-6,8-9,16-17,19H,4,7,10-13H2,1-3H3. The molecule has 1 aliphatic heterocycles. The normalized spacial score (nSPS) is 23.0. The van der Waals surface area contributed by atoms with Gasteiger partial charge >= 0.3 is 0 Å². The summed E-state index contributed by atoms with van der Waals surface area (Å²) in [5.41, 5.74) is 1.39. The van der Waals surface area contributed by atoms with Gasteiger partial charge in [0.2, 0.25) is 0 Å². The van der Waals surface area contributed by atoms with E-state index in [1.807, 2.05) is 0 Å². The molecule has 1 saturated heterocycles. The van der Waals surface area contributed by atoms with Crippen molar-refractivity contribution >= 4 is 15.9 Å². The summed E-state index contributed by atoms with van der Waals surface area (Å²) >= 11 is 3.69. The SMILES string of the molecule is CCNC(Cc1ccccc1Br)C1CN(C)CCCN1C. The van der Waals surface area contributed by atoms with Crippen molar-refractivity contribution in [1.82, 2.24) is 15.1 Å². The fraction of sp³-hybridized carbons (Fsp3) is 0.647. The molecular formula is C17H28BrN3. The summed E-state index contributed by atoms with van der Waals surface area (Å²) in [7, 11) is 4.52. The number of nitrogens with zero attached hydrogens (tertiary/aromatic N) is 2. The Balaban J connectivity index is 2.14. The van der Waals surface area contributed by atoms with E-state index in [0.29, 0.717) is 12.1 Å². The predicted molar refractivity (Wildman–Crippen MR) is 93.8 cm³/mol. The Labute approximate surface area is 137 Å². The van der Waals surface area contributed by atoms with Crippen LogP contribution in [0.1, 0.15) is 18.9 Å². The summed E-state index contributed by atoms with van der Waals surface area (Å²) in [5, 5.41) is 3.72. The second kappa shape index (κ2) is 8.28. The maximum absolute atomic E-state index is 3.72. The molecule has 0 bridgehead atoms. The molecule has 2 atom stereocenters. The molecule has 1 heterocycles. The second-order valence-corrected chi connectivity index (χ2v) is 6.98. The van der Waals surface area contributed by atoms with Crippen LogP contribution >= 0.6 is 15.9 Å². The Morgan fingerprint density at radius 2 is 2.05 bits per heavy atom. The molecule has 1 aromatic carbocycles. The molecule has 118 valence electrons. The van der Waals surface area contributed by atoms with E-state index < -0.39 is 0 Å². The first-order valence-electron chi connectivity index (χ1n) is 7.97. The van der Waals surface area contributed by atoms with Crippen molar-refractivity contribution in [2.45, 2.75) is 31.8 Å². The van der Waals surface area contributed by atoms with E-state index in [1.165, 1.54) is 29.5 Å². The van der Waals surface area contributed by atoms with Gasteiger partial charge in [0.05, 0.1) is 0 Å². The Morgan fingerprint density at radius 3 is 2.76 bits per heavy atom. The van der Waals surface area contributed by atoms with Gasteiger partial charge in [-0.25, -0.2) is 0 Å². The topological polar surface area (TPSA) is 18.5 Å². The van der Waals surface area contributed by atoms with Crippen LogP contribution in [-0.2, 0) is 6.42 Å². The lowest BCUT2D eigenvalue weighted by molar-refractivity contribution is 0.178. The van der Waals surface area contributed by atoms with Gasteiger partial charge < -0.3 is 15.1 Å². The van der Waals surface area contributed by atoms with Gasteiger partial charge in [-0.2, -0.15) is 0 Å². The van der Waals surface area contributed by atoms with Crippen LogP contribution in [0.15, 0.2) is 28.7 Å². The largest absolute Gasteiger partial charge is 0.312 e. The summed E-state index contributed by atoms with van der Waals surface area (Å²) in [6, 6.07) is 9.63. The molecule has 1 aromatic rings. The first kappa shape index (κ1) is 16.9. The molecule has 1 aliphatic rings. The zero-order valence-electron chi connectivity index (χ0n) is 13.5. The molecule has 0 aliphatic carbocycles. The minimum Gasteiger partial charge on any atom is -0.312 e. The fourth-order valence-corrected chi connectivity index (χ4v) is 3.69. The Hall–Kier alpha value is -0.420. The minimum absolute atomic E-state index is 0.485. The van der Waals surface area contributed by atoms with E-state index in [2.05, 4.69) is 76.3 Å². The third kappa shape index (κ3) is 4.78. The van der Waals surface area contributed by atoms with Crippen molar-refractivity contribution < 1.29 is 0 Å². The summed E-state index contributed by atoms with van der Waals surface area (Å²) in [6.45, 7) is 6.75. The first-order chi connectivity index (χ1) is 10.1. The molecule has 0 aromatic heterocycles. The zero-order valence-corrected chi connectivity index (χ0v) is 15.1. The van der Waals surface area contributed by atoms with Crippen LogP contribution in [0, 0.1) is 0 Å². The van der Waals surface area contributed by atoms with Gasteiger partial charge in [-0.1, -0.05) is 41.1 Å². The van der Waals surface area contributed by atoms with Crippen LogP contribution in [-0.4, -0.2) is 62.2 Å². The van der Waals surface area contributed by atoms with Gasteiger partial charge in [0, 0.05) is 23.1 Å². The molecule has 2 unspecified atom stereocenters. The molecule has 0 spiro atoms. The van der Waals surface area contributed by atoms with Gasteiger partial charge in [0.1, 0.15) is 0 Å². The van der Waals surface area contributed by atoms with Gasteiger partial charge in [0.15, 0.2) is 0 Å². The van der Waals surface area contributed by atoms with E-state index in [-0.39, 0.29) is 0 Å². The van der Waals surface area contributed by atoms with Crippen LogP contribution in [0.3, 0.4) is 0 Å². The Kier molecular flexibility index (Phi) is 6.68. The van der Waals surface area contributed by atoms with Gasteiger partial charge in [0.25, 0.3) is 0 Å². The summed E-state index contributed by atoms with van der Waals surface area (Å²) in [5.74, 6) is 0. The van der Waals surface area contributed by atoms with Crippen molar-refractivity contribution in [3.8, 4) is 0 Å². The number of halogens is 1. The van der Waals surface area contributed by atoms with Crippen LogP contribution in [0.25, 0.3) is 0 Å². The smallest absolute Gasteiger partial charge is 0.0376 e. The summed E-state index contributed by atoms with van der Waals surface area (Å²) < 4.78 is 1.22. The Bertz CT molecular complexity index is 438. The number of nitrogens with one attached hydrogen (secondary N) is 1. The first-order valence-corrected chi connectivity index (χ1v) is 8.76. The molecule has 3 nitrogen and oxygen atoms in total. The number of hydrogen-bond donors (Lipinski definition) is 1. The molecule has 21 heavy (non-hydrogen) atoms. The van der Waals surface area contributed by atoms with Crippen molar-refractivity contribution in [1.29, 1.82) is 0 Å². The highest BCUT2D eigenvalue weighted by molar-refractivity contribution is 9.10. The molecule has 0 radical (unpaired) electrons.